The summed E-state index contributed by atoms with van der Waals surface area (Å²) in [6.45, 7) is 13.2. The Hall–Kier alpha value is -2.36. The molecule has 0 heterocycles. The van der Waals surface area contributed by atoms with Crippen LogP contribution in [0.25, 0.3) is 0 Å². The van der Waals surface area contributed by atoms with E-state index < -0.39 is 11.2 Å². The number of rotatable bonds is 16. The number of ether oxygens (including phenoxy) is 2. The first-order chi connectivity index (χ1) is 20.8. The second-order valence-electron chi connectivity index (χ2n) is 13.6. The lowest BCUT2D eigenvalue weighted by Gasteiger charge is -2.42. The van der Waals surface area contributed by atoms with E-state index >= 15 is 0 Å². The molecule has 43 heavy (non-hydrogen) atoms. The molecule has 0 amide bonds. The maximum Gasteiger partial charge on any atom is 0.335 e. The molecule has 2 bridgehead atoms. The van der Waals surface area contributed by atoms with Crippen LogP contribution >= 0.6 is 0 Å². The summed E-state index contributed by atoms with van der Waals surface area (Å²) < 4.78 is 13.4. The van der Waals surface area contributed by atoms with Crippen molar-refractivity contribution in [2.45, 2.75) is 149 Å². The van der Waals surface area contributed by atoms with Gasteiger partial charge in [0.1, 0.15) is 11.2 Å². The Bertz CT molecular complexity index is 1060. The molecular formula is C39H58O4. The average molecular weight is 591 g/mol. The van der Waals surface area contributed by atoms with E-state index in [-0.39, 0.29) is 35.6 Å². The number of carbonyl (C=O) groups is 2. The molecular weight excluding hydrogens is 532 g/mol. The smallest absolute Gasteiger partial charge is 0.335 e. The second kappa shape index (κ2) is 15.1. The van der Waals surface area contributed by atoms with Gasteiger partial charge in [0.05, 0.1) is 11.1 Å². The van der Waals surface area contributed by atoms with Crippen molar-refractivity contribution in [1.29, 1.82) is 0 Å². The first kappa shape index (κ1) is 33.5. The predicted octanol–water partition coefficient (Wildman–Crippen LogP) is 10.3. The fourth-order valence-electron chi connectivity index (χ4n) is 8.85. The third-order valence-electron chi connectivity index (χ3n) is 10.5. The van der Waals surface area contributed by atoms with Gasteiger partial charge in [-0.15, -0.1) is 0 Å². The maximum absolute atomic E-state index is 14.4. The van der Waals surface area contributed by atoms with E-state index in [1.807, 2.05) is 0 Å². The molecule has 4 nitrogen and oxygen atoms in total. The summed E-state index contributed by atoms with van der Waals surface area (Å²) in [5, 5.41) is 0. The molecule has 6 atom stereocenters. The average Bonchev–Trinajstić information content (AvgIpc) is 3.60. The van der Waals surface area contributed by atoms with Crippen LogP contribution in [-0.4, -0.2) is 23.1 Å². The number of hydrogen-bond donors (Lipinski definition) is 0. The molecule has 4 rings (SSSR count). The van der Waals surface area contributed by atoms with Crippen molar-refractivity contribution < 1.29 is 19.1 Å². The van der Waals surface area contributed by atoms with Gasteiger partial charge in [-0.1, -0.05) is 116 Å². The highest BCUT2D eigenvalue weighted by Crippen LogP contribution is 2.52. The largest absolute Gasteiger partial charge is 0.451 e. The van der Waals surface area contributed by atoms with Crippen molar-refractivity contribution in [1.82, 2.24) is 0 Å². The first-order valence-corrected chi connectivity index (χ1v) is 17.8. The third kappa shape index (κ3) is 6.84. The van der Waals surface area contributed by atoms with Crippen LogP contribution < -0.4 is 0 Å². The number of allylic oxidation sites excluding steroid dienone is 4. The third-order valence-corrected chi connectivity index (χ3v) is 10.5. The number of hydrogen-bond acceptors (Lipinski definition) is 4. The van der Waals surface area contributed by atoms with Gasteiger partial charge in [-0.25, -0.2) is 9.59 Å². The van der Waals surface area contributed by atoms with Gasteiger partial charge >= 0.3 is 11.9 Å². The van der Waals surface area contributed by atoms with Gasteiger partial charge in [0.15, 0.2) is 0 Å². The molecule has 0 saturated heterocycles. The first-order valence-electron chi connectivity index (χ1n) is 17.8. The topological polar surface area (TPSA) is 52.6 Å². The second-order valence-corrected chi connectivity index (χ2v) is 13.6. The van der Waals surface area contributed by atoms with Crippen molar-refractivity contribution >= 4 is 11.9 Å². The summed E-state index contributed by atoms with van der Waals surface area (Å²) >= 11 is 0. The van der Waals surface area contributed by atoms with E-state index in [0.29, 0.717) is 11.1 Å². The van der Waals surface area contributed by atoms with E-state index in [9.17, 15) is 9.59 Å². The van der Waals surface area contributed by atoms with Crippen LogP contribution in [0, 0.1) is 23.7 Å². The maximum atomic E-state index is 14.4. The lowest BCUT2D eigenvalue weighted by Crippen LogP contribution is -2.45. The van der Waals surface area contributed by atoms with Crippen molar-refractivity contribution in [2.75, 3.05) is 0 Å². The van der Waals surface area contributed by atoms with Crippen molar-refractivity contribution in [3.63, 3.8) is 0 Å². The molecule has 1 fully saturated rings. The van der Waals surface area contributed by atoms with Gasteiger partial charge in [-0.3, -0.25) is 0 Å². The molecule has 6 unspecified atom stereocenters. The number of carbonyl (C=O) groups excluding carboxylic acids is 2. The highest BCUT2D eigenvalue weighted by atomic mass is 16.6. The van der Waals surface area contributed by atoms with Crippen molar-refractivity contribution in [2.24, 2.45) is 23.7 Å². The molecule has 0 N–H and O–H groups in total. The minimum atomic E-state index is -0.660. The highest BCUT2D eigenvalue weighted by Gasteiger charge is 2.51. The van der Waals surface area contributed by atoms with Crippen LogP contribution in [0.2, 0.25) is 0 Å². The standard InChI is InChI=1S/C39H58O4/c1-7-15-28-19-13-25-38(23-11-5,32(28)17-9-3)42-36(40)34-30-21-22-31(27-30)35(34)37(41)43-39(24-12-6)26-14-20-29(16-8-2)33(39)18-10-4/h13-14,19-20,25-26,30-33H,7-12,15-18,21-24,27H2,1-6H3. The fraction of sp³-hybridized carbons (Fsp3) is 0.692. The minimum Gasteiger partial charge on any atom is -0.451 e. The lowest BCUT2D eigenvalue weighted by molar-refractivity contribution is -0.159. The molecule has 4 heteroatoms. The van der Waals surface area contributed by atoms with E-state index in [0.717, 1.165) is 96.3 Å². The Morgan fingerprint density at radius 1 is 0.651 bits per heavy atom. The molecule has 0 radical (unpaired) electrons. The van der Waals surface area contributed by atoms with Gasteiger partial charge in [-0.05, 0) is 81.8 Å². The van der Waals surface area contributed by atoms with Gasteiger partial charge in [0, 0.05) is 11.8 Å². The van der Waals surface area contributed by atoms with Crippen LogP contribution in [0.5, 0.6) is 0 Å². The SMILES string of the molecule is CCCC1=CC=CC(CCC)(OC(=O)C2=C(C(=O)OC3(CCC)C=CC=C(CCC)C3CCC)C3CCC2C3)C1CCC. The molecule has 238 valence electrons. The summed E-state index contributed by atoms with van der Waals surface area (Å²) in [6, 6.07) is 0. The quantitative estimate of drug-likeness (QED) is 0.168. The van der Waals surface area contributed by atoms with Gasteiger partial charge in [0.2, 0.25) is 0 Å². The monoisotopic (exact) mass is 590 g/mol. The van der Waals surface area contributed by atoms with Crippen LogP contribution in [-0.2, 0) is 19.1 Å². The number of fused-ring (bicyclic) bond motifs is 2. The molecule has 0 aromatic rings. The Balaban J connectivity index is 1.68. The molecule has 0 aliphatic heterocycles. The van der Waals surface area contributed by atoms with Crippen LogP contribution in [0.1, 0.15) is 138 Å². The number of esters is 2. The molecule has 0 spiro atoms. The predicted molar refractivity (Wildman–Crippen MR) is 176 cm³/mol. The molecule has 1 saturated carbocycles. The van der Waals surface area contributed by atoms with Crippen LogP contribution in [0.15, 0.2) is 58.7 Å². The van der Waals surface area contributed by atoms with E-state index in [2.05, 4.69) is 78.0 Å². The minimum absolute atomic E-state index is 0.0904. The van der Waals surface area contributed by atoms with E-state index in [1.165, 1.54) is 11.1 Å². The fourth-order valence-corrected chi connectivity index (χ4v) is 8.85. The Morgan fingerprint density at radius 2 is 1.07 bits per heavy atom. The summed E-state index contributed by atoms with van der Waals surface area (Å²) in [5.41, 5.74) is 2.69. The van der Waals surface area contributed by atoms with Gasteiger partial charge in [0.25, 0.3) is 0 Å². The van der Waals surface area contributed by atoms with E-state index in [1.54, 1.807) is 0 Å². The zero-order valence-corrected chi connectivity index (χ0v) is 28.0. The molecule has 4 aliphatic carbocycles. The normalized spacial score (nSPS) is 31.3. The van der Waals surface area contributed by atoms with Gasteiger partial charge < -0.3 is 9.47 Å². The molecule has 4 aliphatic rings. The van der Waals surface area contributed by atoms with Crippen LogP contribution in [0.4, 0.5) is 0 Å². The van der Waals surface area contributed by atoms with Crippen LogP contribution in [0.3, 0.4) is 0 Å². The Kier molecular flexibility index (Phi) is 11.8. The highest BCUT2D eigenvalue weighted by molar-refractivity contribution is 6.03. The summed E-state index contributed by atoms with van der Waals surface area (Å²) in [4.78, 5) is 28.7. The Morgan fingerprint density at radius 3 is 1.42 bits per heavy atom. The van der Waals surface area contributed by atoms with E-state index in [4.69, 9.17) is 9.47 Å². The van der Waals surface area contributed by atoms with Crippen molar-refractivity contribution in [3.05, 3.63) is 58.7 Å². The summed E-state index contributed by atoms with van der Waals surface area (Å²) in [7, 11) is 0. The van der Waals surface area contributed by atoms with Crippen molar-refractivity contribution in [3.8, 4) is 0 Å². The lowest BCUT2D eigenvalue weighted by atomic mass is 9.72. The van der Waals surface area contributed by atoms with Gasteiger partial charge in [-0.2, -0.15) is 0 Å². The molecule has 0 aromatic heterocycles. The Labute approximate surface area is 262 Å². The molecule has 0 aromatic carbocycles. The summed E-state index contributed by atoms with van der Waals surface area (Å²) in [6.07, 6.45) is 27.4. The zero-order valence-electron chi connectivity index (χ0n) is 28.0. The zero-order chi connectivity index (χ0) is 31.0. The summed E-state index contributed by atoms with van der Waals surface area (Å²) in [5.74, 6) is -0.0207.